The average molecular weight is 368 g/mol. The maximum absolute atomic E-state index is 11.6. The van der Waals surface area contributed by atoms with Gasteiger partial charge in [0.05, 0.1) is 12.7 Å². The molecule has 8 nitrogen and oxygen atoms in total. The molecule has 0 spiro atoms. The first-order valence-electron chi connectivity index (χ1n) is 9.56. The zero-order valence-corrected chi connectivity index (χ0v) is 15.2. The molecule has 2 amide bonds. The Morgan fingerprint density at radius 1 is 1.00 bits per heavy atom. The molecule has 4 bridgehead atoms. The average Bonchev–Trinajstić information content (AvgIpc) is 3.00. The number of carbonyl (C=O) groups excluding carboxylic acids is 2. The summed E-state index contributed by atoms with van der Waals surface area (Å²) in [6, 6.07) is 0.382. The van der Waals surface area contributed by atoms with Gasteiger partial charge in [-0.1, -0.05) is 0 Å². The van der Waals surface area contributed by atoms with Gasteiger partial charge in [-0.05, 0) is 45.4 Å². The van der Waals surface area contributed by atoms with E-state index in [4.69, 9.17) is 9.84 Å². The summed E-state index contributed by atoms with van der Waals surface area (Å²) in [5.41, 5.74) is 0. The van der Waals surface area contributed by atoms with Crippen LogP contribution in [-0.2, 0) is 9.53 Å². The third kappa shape index (κ3) is 3.79. The fourth-order valence-electron chi connectivity index (χ4n) is 4.93. The maximum Gasteiger partial charge on any atom is 0.410 e. The lowest BCUT2D eigenvalue weighted by Gasteiger charge is -2.36. The van der Waals surface area contributed by atoms with Crippen molar-refractivity contribution in [2.45, 2.75) is 88.6 Å². The third-order valence-electron chi connectivity index (χ3n) is 5.95. The van der Waals surface area contributed by atoms with Crippen LogP contribution in [0, 0.1) is 0 Å². The summed E-state index contributed by atoms with van der Waals surface area (Å²) >= 11 is 0. The Hall–Kier alpha value is -1.83. The number of ketones is 1. The summed E-state index contributed by atoms with van der Waals surface area (Å²) in [4.78, 5) is 36.7. The first-order valence-corrected chi connectivity index (χ1v) is 9.56. The Labute approximate surface area is 153 Å². The second-order valence-corrected chi connectivity index (χ2v) is 7.64. The molecule has 4 atom stereocenters. The van der Waals surface area contributed by atoms with E-state index in [1.807, 2.05) is 11.8 Å². The summed E-state index contributed by atoms with van der Waals surface area (Å²) in [6.07, 6.45) is 4.77. The van der Waals surface area contributed by atoms with E-state index in [1.165, 1.54) is 4.90 Å². The van der Waals surface area contributed by atoms with E-state index in [0.29, 0.717) is 19.4 Å². The predicted molar refractivity (Wildman–Crippen MR) is 91.8 cm³/mol. The molecule has 0 aliphatic carbocycles. The molecule has 0 saturated carbocycles. The monoisotopic (exact) mass is 368 g/mol. The van der Waals surface area contributed by atoms with E-state index >= 15 is 0 Å². The fraction of sp³-hybridized carbons (Fsp3) is 0.833. The lowest BCUT2D eigenvalue weighted by Crippen LogP contribution is -2.48. The number of hydrogen-bond donors (Lipinski definition) is 2. The molecular weight excluding hydrogens is 340 g/mol. The number of nitrogens with zero attached hydrogens (tertiary/aromatic N) is 2. The van der Waals surface area contributed by atoms with Crippen LogP contribution in [0.25, 0.3) is 0 Å². The van der Waals surface area contributed by atoms with Gasteiger partial charge in [-0.2, -0.15) is 0 Å². The smallest absolute Gasteiger partial charge is 0.410 e. The van der Waals surface area contributed by atoms with Crippen molar-refractivity contribution in [1.29, 1.82) is 0 Å². The number of rotatable bonds is 1. The molecule has 4 aliphatic rings. The van der Waals surface area contributed by atoms with Crippen molar-refractivity contribution >= 4 is 18.0 Å². The topological polar surface area (TPSA) is 107 Å². The standard InChI is InChI=1S/C10H17NO3.C8H11NO3/c1-2-14-10(13)11-7-3-4-8(11)6-9(12)5-7;10-7-3-5-1-2-6(4-7)9(5)8(11)12/h7-9,12H,2-6H2,1H3;5-6H,1-4H2,(H,11,12). The number of hydrogen-bond acceptors (Lipinski definition) is 5. The van der Waals surface area contributed by atoms with E-state index in [2.05, 4.69) is 0 Å². The molecule has 0 aromatic heterocycles. The Kier molecular flexibility index (Phi) is 5.70. The van der Waals surface area contributed by atoms with Crippen LogP contribution >= 0.6 is 0 Å². The van der Waals surface area contributed by atoms with Gasteiger partial charge >= 0.3 is 12.2 Å². The molecule has 4 fully saturated rings. The lowest BCUT2D eigenvalue weighted by molar-refractivity contribution is -0.122. The van der Waals surface area contributed by atoms with Gasteiger partial charge in [0.1, 0.15) is 5.78 Å². The van der Waals surface area contributed by atoms with E-state index < -0.39 is 6.09 Å². The minimum absolute atomic E-state index is 0.0197. The van der Waals surface area contributed by atoms with Crippen LogP contribution in [0.3, 0.4) is 0 Å². The number of amides is 2. The van der Waals surface area contributed by atoms with Crippen molar-refractivity contribution in [3.63, 3.8) is 0 Å². The summed E-state index contributed by atoms with van der Waals surface area (Å²) in [7, 11) is 0. The van der Waals surface area contributed by atoms with Gasteiger partial charge in [-0.3, -0.25) is 4.79 Å². The minimum Gasteiger partial charge on any atom is -0.465 e. The summed E-state index contributed by atoms with van der Waals surface area (Å²) in [6.45, 7) is 2.25. The number of carbonyl (C=O) groups is 3. The molecule has 0 aromatic carbocycles. The SMILES string of the molecule is CCOC(=O)N1C2CCC1CC(O)C2.O=C1CC2CCC(C1)N2C(=O)O. The summed E-state index contributed by atoms with van der Waals surface area (Å²) in [5.74, 6) is 0.222. The van der Waals surface area contributed by atoms with Crippen molar-refractivity contribution in [1.82, 2.24) is 9.80 Å². The van der Waals surface area contributed by atoms with Gasteiger partial charge in [-0.25, -0.2) is 9.59 Å². The van der Waals surface area contributed by atoms with Crippen LogP contribution in [0.15, 0.2) is 0 Å². The number of piperidine rings is 2. The number of aliphatic hydroxyl groups is 1. The van der Waals surface area contributed by atoms with Gasteiger partial charge < -0.3 is 24.7 Å². The first-order chi connectivity index (χ1) is 12.4. The molecule has 8 heteroatoms. The van der Waals surface area contributed by atoms with Gasteiger partial charge in [0.2, 0.25) is 0 Å². The van der Waals surface area contributed by atoms with Crippen LogP contribution in [0.5, 0.6) is 0 Å². The van der Waals surface area contributed by atoms with Crippen LogP contribution in [0.1, 0.15) is 58.3 Å². The van der Waals surface area contributed by atoms with E-state index in [0.717, 1.165) is 38.5 Å². The molecule has 4 heterocycles. The first kappa shape index (κ1) is 18.9. The molecule has 4 unspecified atom stereocenters. The largest absolute Gasteiger partial charge is 0.465 e. The third-order valence-corrected chi connectivity index (χ3v) is 5.95. The van der Waals surface area contributed by atoms with Gasteiger partial charge in [-0.15, -0.1) is 0 Å². The van der Waals surface area contributed by atoms with Gasteiger partial charge in [0.25, 0.3) is 0 Å². The molecule has 0 radical (unpaired) electrons. The highest BCUT2D eigenvalue weighted by molar-refractivity contribution is 5.83. The number of ether oxygens (including phenoxy) is 1. The number of carboxylic acid groups (broad SMARTS) is 1. The van der Waals surface area contributed by atoms with Gasteiger partial charge in [0, 0.05) is 37.0 Å². The molecule has 2 N–H and O–H groups in total. The van der Waals surface area contributed by atoms with Crippen molar-refractivity contribution in [3.05, 3.63) is 0 Å². The predicted octanol–water partition coefficient (Wildman–Crippen LogP) is 1.99. The highest BCUT2D eigenvalue weighted by Crippen LogP contribution is 2.36. The quantitative estimate of drug-likeness (QED) is 0.733. The van der Waals surface area contributed by atoms with E-state index in [9.17, 15) is 19.5 Å². The molecule has 4 aliphatic heterocycles. The lowest BCUT2D eigenvalue weighted by atomic mass is 10.0. The van der Waals surface area contributed by atoms with Crippen molar-refractivity contribution in [2.24, 2.45) is 0 Å². The Morgan fingerprint density at radius 3 is 1.96 bits per heavy atom. The molecular formula is C18H28N2O6. The fourth-order valence-corrected chi connectivity index (χ4v) is 4.93. The Morgan fingerprint density at radius 2 is 1.50 bits per heavy atom. The van der Waals surface area contributed by atoms with Gasteiger partial charge in [0.15, 0.2) is 0 Å². The van der Waals surface area contributed by atoms with Crippen molar-refractivity contribution < 1.29 is 29.3 Å². The van der Waals surface area contributed by atoms with Crippen LogP contribution in [0.4, 0.5) is 9.59 Å². The molecule has 4 rings (SSSR count). The Bertz CT molecular complexity index is 538. The highest BCUT2D eigenvalue weighted by atomic mass is 16.6. The molecule has 0 aromatic rings. The highest BCUT2D eigenvalue weighted by Gasteiger charge is 2.44. The van der Waals surface area contributed by atoms with Crippen molar-refractivity contribution in [2.75, 3.05) is 6.61 Å². The van der Waals surface area contributed by atoms with E-state index in [1.54, 1.807) is 0 Å². The van der Waals surface area contributed by atoms with Crippen LogP contribution < -0.4 is 0 Å². The summed E-state index contributed by atoms with van der Waals surface area (Å²) < 4.78 is 5.00. The second kappa shape index (κ2) is 7.82. The Balaban J connectivity index is 0.000000152. The molecule has 26 heavy (non-hydrogen) atoms. The molecule has 146 valence electrons. The second-order valence-electron chi connectivity index (χ2n) is 7.64. The zero-order chi connectivity index (χ0) is 18.8. The van der Waals surface area contributed by atoms with Crippen LogP contribution in [-0.4, -0.2) is 74.9 Å². The number of fused-ring (bicyclic) bond motifs is 4. The maximum atomic E-state index is 11.6. The number of Topliss-reactive ketones (excluding diaryl/α,β-unsaturated/α-hetero) is 1. The number of aliphatic hydroxyl groups excluding tert-OH is 1. The zero-order valence-electron chi connectivity index (χ0n) is 15.2. The minimum atomic E-state index is -0.866. The normalized spacial score (nSPS) is 35.0. The molecule has 4 saturated heterocycles. The van der Waals surface area contributed by atoms with Crippen LogP contribution in [0.2, 0.25) is 0 Å². The summed E-state index contributed by atoms with van der Waals surface area (Å²) in [5, 5.41) is 18.4. The van der Waals surface area contributed by atoms with Crippen molar-refractivity contribution in [3.8, 4) is 0 Å². The van der Waals surface area contributed by atoms with E-state index in [-0.39, 0.29) is 42.1 Å².